The maximum Gasteiger partial charge on any atom is 0.266 e. The molecule has 0 bridgehead atoms. The Morgan fingerprint density at radius 2 is 1.90 bits per heavy atom. The Kier molecular flexibility index (Phi) is 6.40. The van der Waals surface area contributed by atoms with Gasteiger partial charge in [0.15, 0.2) is 11.5 Å². The Bertz CT molecular complexity index is 1770. The monoisotopic (exact) mass is 519 g/mol. The smallest absolute Gasteiger partial charge is 0.266 e. The van der Waals surface area contributed by atoms with Crippen LogP contribution < -0.4 is 16.6 Å². The molecule has 0 radical (unpaired) electrons. The molecule has 0 aliphatic heterocycles. The van der Waals surface area contributed by atoms with Crippen molar-refractivity contribution in [3.05, 3.63) is 100 Å². The molecule has 196 valence electrons. The molecule has 1 aliphatic carbocycles. The third-order valence-corrected chi connectivity index (χ3v) is 7.30. The SMILES string of the molecule is C[C@H](NC(=O)c1c(N)nn2cccnc12)c1nc2cccc(/C=C/C3CCCC3)c2c(=O)n1-c1ccccc1. The highest BCUT2D eigenvalue weighted by Gasteiger charge is 2.25. The van der Waals surface area contributed by atoms with E-state index in [1.807, 2.05) is 48.5 Å². The van der Waals surface area contributed by atoms with Crippen molar-refractivity contribution in [1.82, 2.24) is 29.5 Å². The summed E-state index contributed by atoms with van der Waals surface area (Å²) in [6.07, 6.45) is 12.4. The lowest BCUT2D eigenvalue weighted by Gasteiger charge is -2.20. The van der Waals surface area contributed by atoms with E-state index in [0.717, 1.165) is 5.56 Å². The number of para-hydroxylation sites is 1. The molecule has 3 N–H and O–H groups in total. The third kappa shape index (κ3) is 4.56. The maximum absolute atomic E-state index is 14.1. The topological polar surface area (TPSA) is 120 Å². The van der Waals surface area contributed by atoms with Crippen molar-refractivity contribution in [3.63, 3.8) is 0 Å². The summed E-state index contributed by atoms with van der Waals surface area (Å²) < 4.78 is 3.04. The first-order chi connectivity index (χ1) is 19.0. The molecule has 1 aliphatic rings. The van der Waals surface area contributed by atoms with Crippen LogP contribution in [0.25, 0.3) is 28.3 Å². The number of carbonyl (C=O) groups is 1. The number of allylic oxidation sites excluding steroid dienone is 1. The van der Waals surface area contributed by atoms with E-state index in [0.29, 0.717) is 34.0 Å². The summed E-state index contributed by atoms with van der Waals surface area (Å²) in [5.74, 6) is 0.577. The maximum atomic E-state index is 14.1. The lowest BCUT2D eigenvalue weighted by molar-refractivity contribution is 0.0940. The second kappa shape index (κ2) is 10.2. The number of benzene rings is 2. The van der Waals surface area contributed by atoms with Crippen molar-refractivity contribution < 1.29 is 4.79 Å². The van der Waals surface area contributed by atoms with Crippen LogP contribution in [0.15, 0.2) is 77.9 Å². The van der Waals surface area contributed by atoms with Gasteiger partial charge in [-0.15, -0.1) is 5.10 Å². The van der Waals surface area contributed by atoms with Crippen LogP contribution in [0.1, 0.15) is 60.4 Å². The molecule has 1 fully saturated rings. The summed E-state index contributed by atoms with van der Waals surface area (Å²) >= 11 is 0. The van der Waals surface area contributed by atoms with Crippen LogP contribution in [0.4, 0.5) is 5.82 Å². The van der Waals surface area contributed by atoms with Crippen molar-refractivity contribution in [2.75, 3.05) is 5.73 Å². The van der Waals surface area contributed by atoms with E-state index >= 15 is 0 Å². The summed E-state index contributed by atoms with van der Waals surface area (Å²) in [4.78, 5) is 36.7. The van der Waals surface area contributed by atoms with Gasteiger partial charge < -0.3 is 11.1 Å². The fourth-order valence-corrected chi connectivity index (χ4v) is 5.37. The number of nitrogens with two attached hydrogens (primary N) is 1. The zero-order valence-electron chi connectivity index (χ0n) is 21.6. The molecule has 39 heavy (non-hydrogen) atoms. The lowest BCUT2D eigenvalue weighted by atomic mass is 10.0. The van der Waals surface area contributed by atoms with Crippen molar-refractivity contribution in [2.45, 2.75) is 38.6 Å². The quantitative estimate of drug-likeness (QED) is 0.335. The number of nitrogen functional groups attached to an aromatic ring is 1. The molecule has 2 aromatic carbocycles. The number of amides is 1. The highest BCUT2D eigenvalue weighted by Crippen LogP contribution is 2.28. The number of aromatic nitrogens is 5. The molecular weight excluding hydrogens is 490 g/mol. The van der Waals surface area contributed by atoms with E-state index < -0.39 is 11.9 Å². The molecule has 0 spiro atoms. The molecule has 0 unspecified atom stereocenters. The summed E-state index contributed by atoms with van der Waals surface area (Å²) in [5.41, 5.74) is 8.50. The van der Waals surface area contributed by atoms with Gasteiger partial charge in [0.1, 0.15) is 11.4 Å². The lowest BCUT2D eigenvalue weighted by Crippen LogP contribution is -2.33. The van der Waals surface area contributed by atoms with Gasteiger partial charge in [0.2, 0.25) is 0 Å². The van der Waals surface area contributed by atoms with Crippen LogP contribution in [0, 0.1) is 5.92 Å². The van der Waals surface area contributed by atoms with E-state index in [2.05, 4.69) is 27.6 Å². The molecule has 5 aromatic rings. The first-order valence-corrected chi connectivity index (χ1v) is 13.2. The van der Waals surface area contributed by atoms with E-state index in [1.54, 1.807) is 30.0 Å². The van der Waals surface area contributed by atoms with Crippen LogP contribution in [-0.4, -0.2) is 30.1 Å². The minimum Gasteiger partial charge on any atom is -0.381 e. The van der Waals surface area contributed by atoms with Crippen LogP contribution >= 0.6 is 0 Å². The molecule has 0 saturated heterocycles. The highest BCUT2D eigenvalue weighted by molar-refractivity contribution is 6.04. The van der Waals surface area contributed by atoms with Gasteiger partial charge in [-0.2, -0.15) is 0 Å². The van der Waals surface area contributed by atoms with Gasteiger partial charge in [-0.3, -0.25) is 14.2 Å². The summed E-state index contributed by atoms with van der Waals surface area (Å²) in [7, 11) is 0. The fourth-order valence-electron chi connectivity index (χ4n) is 5.37. The number of carbonyl (C=O) groups excluding carboxylic acids is 1. The number of anilines is 1. The van der Waals surface area contributed by atoms with Gasteiger partial charge in [-0.1, -0.05) is 55.3 Å². The van der Waals surface area contributed by atoms with Gasteiger partial charge in [-0.25, -0.2) is 14.5 Å². The van der Waals surface area contributed by atoms with Gasteiger partial charge >= 0.3 is 0 Å². The van der Waals surface area contributed by atoms with Gasteiger partial charge in [0.05, 0.1) is 22.6 Å². The van der Waals surface area contributed by atoms with Crippen LogP contribution in [0.3, 0.4) is 0 Å². The summed E-state index contributed by atoms with van der Waals surface area (Å²) in [6.45, 7) is 1.80. The number of fused-ring (bicyclic) bond motifs is 2. The predicted molar refractivity (Wildman–Crippen MR) is 152 cm³/mol. The third-order valence-electron chi connectivity index (χ3n) is 7.30. The normalized spacial score (nSPS) is 14.9. The highest BCUT2D eigenvalue weighted by atomic mass is 16.2. The summed E-state index contributed by atoms with van der Waals surface area (Å²) in [6, 6.07) is 16.1. The molecular formula is C30H29N7O2. The Labute approximate surface area is 225 Å². The molecule has 6 rings (SSSR count). The van der Waals surface area contributed by atoms with Crippen molar-refractivity contribution in [1.29, 1.82) is 0 Å². The number of nitrogens with one attached hydrogen (secondary N) is 1. The second-order valence-electron chi connectivity index (χ2n) is 9.93. The first-order valence-electron chi connectivity index (χ1n) is 13.2. The van der Waals surface area contributed by atoms with E-state index in [1.165, 1.54) is 30.2 Å². The molecule has 1 saturated carbocycles. The van der Waals surface area contributed by atoms with E-state index in [4.69, 9.17) is 10.7 Å². The number of rotatable bonds is 6. The van der Waals surface area contributed by atoms with Crippen molar-refractivity contribution in [3.8, 4) is 5.69 Å². The number of nitrogens with zero attached hydrogens (tertiary/aromatic N) is 5. The van der Waals surface area contributed by atoms with E-state index in [-0.39, 0.29) is 16.9 Å². The van der Waals surface area contributed by atoms with Gasteiger partial charge in [-0.05, 0) is 55.5 Å². The first kappa shape index (κ1) is 24.5. The number of hydrogen-bond acceptors (Lipinski definition) is 6. The molecule has 3 heterocycles. The molecule has 9 heteroatoms. The Hall–Kier alpha value is -4.79. The van der Waals surface area contributed by atoms with Crippen LogP contribution in [0.2, 0.25) is 0 Å². The van der Waals surface area contributed by atoms with Crippen molar-refractivity contribution in [2.24, 2.45) is 5.92 Å². The Morgan fingerprint density at radius 3 is 2.69 bits per heavy atom. The molecule has 3 aromatic heterocycles. The Morgan fingerprint density at radius 1 is 1.10 bits per heavy atom. The van der Waals surface area contributed by atoms with Gasteiger partial charge in [0.25, 0.3) is 11.5 Å². The predicted octanol–water partition coefficient (Wildman–Crippen LogP) is 4.71. The van der Waals surface area contributed by atoms with Crippen LogP contribution in [-0.2, 0) is 0 Å². The molecule has 1 atom stereocenters. The zero-order chi connectivity index (χ0) is 26.9. The Balaban J connectivity index is 1.45. The number of hydrogen-bond donors (Lipinski definition) is 2. The second-order valence-corrected chi connectivity index (χ2v) is 9.93. The minimum atomic E-state index is -0.634. The standard InChI is InChI=1S/C30H29N7O2/c1-19(33-29(38)25-26(31)35-36-18-8-17-32-28(25)36)27-34-23-14-7-11-21(16-15-20-9-5-6-10-20)24(23)30(39)37(27)22-12-3-2-4-13-22/h2-4,7-8,11-20H,5-6,9-10H2,1H3,(H2,31,35)(H,33,38)/b16-15+/t19-/m0/s1. The molecule has 1 amide bonds. The minimum absolute atomic E-state index is 0.0732. The molecule has 9 nitrogen and oxygen atoms in total. The van der Waals surface area contributed by atoms with Gasteiger partial charge in [0, 0.05) is 12.4 Å². The summed E-state index contributed by atoms with van der Waals surface area (Å²) in [5, 5.41) is 7.70. The largest absolute Gasteiger partial charge is 0.381 e. The average molecular weight is 520 g/mol. The van der Waals surface area contributed by atoms with Crippen LogP contribution in [0.5, 0.6) is 0 Å². The zero-order valence-corrected chi connectivity index (χ0v) is 21.6. The fraction of sp³-hybridized carbons (Fsp3) is 0.233. The van der Waals surface area contributed by atoms with Crippen molar-refractivity contribution >= 4 is 34.4 Å². The average Bonchev–Trinajstić information content (AvgIpc) is 3.59. The van der Waals surface area contributed by atoms with E-state index in [9.17, 15) is 9.59 Å².